The third kappa shape index (κ3) is 3.01. The lowest BCUT2D eigenvalue weighted by Gasteiger charge is -2.42. The third-order valence-electron chi connectivity index (χ3n) is 4.52. The van der Waals surface area contributed by atoms with Gasteiger partial charge in [-0.1, -0.05) is 13.3 Å². The average Bonchev–Trinajstić information content (AvgIpc) is 2.48. The van der Waals surface area contributed by atoms with E-state index in [0.717, 1.165) is 32.2 Å². The van der Waals surface area contributed by atoms with Crippen LogP contribution in [0.2, 0.25) is 0 Å². The predicted molar refractivity (Wildman–Crippen MR) is 78.4 cm³/mol. The van der Waals surface area contributed by atoms with Gasteiger partial charge < -0.3 is 5.11 Å². The molecule has 0 amide bonds. The Labute approximate surface area is 120 Å². The summed E-state index contributed by atoms with van der Waals surface area (Å²) in [6.45, 7) is 5.84. The Balaban J connectivity index is 2.15. The summed E-state index contributed by atoms with van der Waals surface area (Å²) < 4.78 is 0. The third-order valence-corrected chi connectivity index (χ3v) is 4.52. The lowest BCUT2D eigenvalue weighted by molar-refractivity contribution is -0.154. The lowest BCUT2D eigenvalue weighted by Crippen LogP contribution is -2.48. The zero-order valence-electron chi connectivity index (χ0n) is 12.4. The molecule has 1 saturated heterocycles. The van der Waals surface area contributed by atoms with Gasteiger partial charge in [-0.2, -0.15) is 0 Å². The van der Waals surface area contributed by atoms with Crippen molar-refractivity contribution in [2.45, 2.75) is 45.6 Å². The van der Waals surface area contributed by atoms with Crippen LogP contribution in [0.25, 0.3) is 0 Å². The Kier molecular flexibility index (Phi) is 4.76. The van der Waals surface area contributed by atoms with E-state index >= 15 is 0 Å². The number of pyridine rings is 1. The molecule has 2 rings (SSSR count). The number of likely N-dealkylation sites (tertiary alicyclic amines) is 1. The van der Waals surface area contributed by atoms with Crippen molar-refractivity contribution in [3.63, 3.8) is 0 Å². The van der Waals surface area contributed by atoms with E-state index in [1.165, 1.54) is 5.56 Å². The highest BCUT2D eigenvalue weighted by Gasteiger charge is 2.42. The minimum atomic E-state index is -0.633. The topological polar surface area (TPSA) is 53.4 Å². The van der Waals surface area contributed by atoms with Crippen molar-refractivity contribution < 1.29 is 9.90 Å². The zero-order valence-corrected chi connectivity index (χ0v) is 12.4. The van der Waals surface area contributed by atoms with Gasteiger partial charge in [0.05, 0.1) is 5.41 Å². The number of hydrogen-bond acceptors (Lipinski definition) is 3. The summed E-state index contributed by atoms with van der Waals surface area (Å²) >= 11 is 0. The second kappa shape index (κ2) is 6.35. The molecular weight excluding hydrogens is 252 g/mol. The van der Waals surface area contributed by atoms with Crippen molar-refractivity contribution in [1.82, 2.24) is 9.88 Å². The van der Waals surface area contributed by atoms with E-state index in [9.17, 15) is 9.90 Å². The van der Waals surface area contributed by atoms with E-state index in [1.807, 2.05) is 12.1 Å². The number of rotatable bonds is 5. The van der Waals surface area contributed by atoms with E-state index in [4.69, 9.17) is 0 Å². The SMILES string of the molecule is CCCC1(C(=O)O)CCCN(C(C)c2ccncc2)C1. The quantitative estimate of drug-likeness (QED) is 0.897. The van der Waals surface area contributed by atoms with Crippen LogP contribution in [0.3, 0.4) is 0 Å². The maximum absolute atomic E-state index is 11.7. The van der Waals surface area contributed by atoms with Gasteiger partial charge in [0, 0.05) is 25.0 Å². The van der Waals surface area contributed by atoms with Gasteiger partial charge in [-0.05, 0) is 50.4 Å². The summed E-state index contributed by atoms with van der Waals surface area (Å²) in [6.07, 6.45) is 7.04. The van der Waals surface area contributed by atoms with Gasteiger partial charge in [0.15, 0.2) is 0 Å². The van der Waals surface area contributed by atoms with Crippen LogP contribution in [-0.2, 0) is 4.79 Å². The summed E-state index contributed by atoms with van der Waals surface area (Å²) in [5.74, 6) is -0.633. The fourth-order valence-electron chi connectivity index (χ4n) is 3.31. The highest BCUT2D eigenvalue weighted by molar-refractivity contribution is 5.75. The normalized spacial score (nSPS) is 25.3. The molecule has 0 radical (unpaired) electrons. The highest BCUT2D eigenvalue weighted by atomic mass is 16.4. The Morgan fingerprint density at radius 2 is 2.20 bits per heavy atom. The monoisotopic (exact) mass is 276 g/mol. The number of carboxylic acids is 1. The number of carboxylic acid groups (broad SMARTS) is 1. The van der Waals surface area contributed by atoms with Crippen LogP contribution in [0.15, 0.2) is 24.5 Å². The van der Waals surface area contributed by atoms with Gasteiger partial charge >= 0.3 is 5.97 Å². The first kappa shape index (κ1) is 15.0. The van der Waals surface area contributed by atoms with Crippen molar-refractivity contribution in [2.24, 2.45) is 5.41 Å². The molecule has 4 heteroatoms. The van der Waals surface area contributed by atoms with Crippen molar-refractivity contribution in [3.05, 3.63) is 30.1 Å². The molecule has 0 spiro atoms. The molecule has 4 nitrogen and oxygen atoms in total. The van der Waals surface area contributed by atoms with Gasteiger partial charge in [-0.25, -0.2) is 0 Å². The fraction of sp³-hybridized carbons (Fsp3) is 0.625. The Morgan fingerprint density at radius 1 is 1.50 bits per heavy atom. The van der Waals surface area contributed by atoms with Crippen LogP contribution >= 0.6 is 0 Å². The summed E-state index contributed by atoms with van der Waals surface area (Å²) in [5.41, 5.74) is 0.645. The van der Waals surface area contributed by atoms with Crippen molar-refractivity contribution >= 4 is 5.97 Å². The molecule has 0 bridgehead atoms. The van der Waals surface area contributed by atoms with Crippen LogP contribution in [0, 0.1) is 5.41 Å². The minimum Gasteiger partial charge on any atom is -0.481 e. The van der Waals surface area contributed by atoms with Crippen LogP contribution in [0.4, 0.5) is 0 Å². The number of aromatic nitrogens is 1. The largest absolute Gasteiger partial charge is 0.481 e. The summed E-state index contributed by atoms with van der Waals surface area (Å²) in [5, 5.41) is 9.65. The van der Waals surface area contributed by atoms with E-state index in [1.54, 1.807) is 12.4 Å². The zero-order chi connectivity index (χ0) is 14.6. The molecule has 1 aromatic heterocycles. The van der Waals surface area contributed by atoms with E-state index < -0.39 is 11.4 Å². The minimum absolute atomic E-state index is 0.244. The molecule has 20 heavy (non-hydrogen) atoms. The number of carbonyl (C=O) groups is 1. The molecule has 1 N–H and O–H groups in total. The highest BCUT2D eigenvalue weighted by Crippen LogP contribution is 2.38. The maximum Gasteiger partial charge on any atom is 0.310 e. The summed E-state index contributed by atoms with van der Waals surface area (Å²) in [4.78, 5) is 18.1. The fourth-order valence-corrected chi connectivity index (χ4v) is 3.31. The Morgan fingerprint density at radius 3 is 2.80 bits per heavy atom. The van der Waals surface area contributed by atoms with Crippen LogP contribution < -0.4 is 0 Å². The van der Waals surface area contributed by atoms with Crippen molar-refractivity contribution in [3.8, 4) is 0 Å². The standard InChI is InChI=1S/C16H24N2O2/c1-3-7-16(15(19)20)8-4-11-18(12-16)13(2)14-5-9-17-10-6-14/h5-6,9-10,13H,3-4,7-8,11-12H2,1-2H3,(H,19,20). The van der Waals surface area contributed by atoms with Gasteiger partial charge in [0.25, 0.3) is 0 Å². The molecular formula is C16H24N2O2. The molecule has 110 valence electrons. The van der Waals surface area contributed by atoms with Crippen LogP contribution in [0.1, 0.15) is 51.1 Å². The first-order valence-corrected chi connectivity index (χ1v) is 7.46. The number of nitrogens with zero attached hydrogens (tertiary/aromatic N) is 2. The molecule has 1 aliphatic rings. The van der Waals surface area contributed by atoms with E-state index in [0.29, 0.717) is 6.54 Å². The first-order chi connectivity index (χ1) is 9.59. The second-order valence-electron chi connectivity index (χ2n) is 5.87. The van der Waals surface area contributed by atoms with Crippen molar-refractivity contribution in [1.29, 1.82) is 0 Å². The molecule has 0 aliphatic carbocycles. The molecule has 2 unspecified atom stereocenters. The van der Waals surface area contributed by atoms with E-state index in [-0.39, 0.29) is 6.04 Å². The molecule has 2 atom stereocenters. The number of aliphatic carboxylic acids is 1. The van der Waals surface area contributed by atoms with Gasteiger partial charge in [0.1, 0.15) is 0 Å². The molecule has 1 fully saturated rings. The average molecular weight is 276 g/mol. The van der Waals surface area contributed by atoms with Gasteiger partial charge in [0.2, 0.25) is 0 Å². The maximum atomic E-state index is 11.7. The van der Waals surface area contributed by atoms with E-state index in [2.05, 4.69) is 23.7 Å². The van der Waals surface area contributed by atoms with Crippen LogP contribution in [-0.4, -0.2) is 34.0 Å². The number of piperidine rings is 1. The molecule has 0 aromatic carbocycles. The second-order valence-corrected chi connectivity index (χ2v) is 5.87. The molecule has 2 heterocycles. The smallest absolute Gasteiger partial charge is 0.310 e. The lowest BCUT2D eigenvalue weighted by atomic mass is 9.76. The predicted octanol–water partition coefficient (Wildman–Crippen LogP) is 3.11. The number of hydrogen-bond donors (Lipinski definition) is 1. The van der Waals surface area contributed by atoms with Gasteiger partial charge in [-0.3, -0.25) is 14.7 Å². The molecule has 1 aliphatic heterocycles. The van der Waals surface area contributed by atoms with Crippen molar-refractivity contribution in [2.75, 3.05) is 13.1 Å². The summed E-state index contributed by atoms with van der Waals surface area (Å²) in [7, 11) is 0. The van der Waals surface area contributed by atoms with Gasteiger partial charge in [-0.15, -0.1) is 0 Å². The molecule has 0 saturated carbocycles. The molecule has 1 aromatic rings. The first-order valence-electron chi connectivity index (χ1n) is 7.46. The van der Waals surface area contributed by atoms with Crippen LogP contribution in [0.5, 0.6) is 0 Å². The Hall–Kier alpha value is -1.42. The summed E-state index contributed by atoms with van der Waals surface area (Å²) in [6, 6.07) is 4.28. The Bertz CT molecular complexity index is 445.